The fourth-order valence-electron chi connectivity index (χ4n) is 6.87. The number of rotatable bonds is 9. The van der Waals surface area contributed by atoms with Gasteiger partial charge in [0.15, 0.2) is 0 Å². The van der Waals surface area contributed by atoms with Crippen molar-refractivity contribution < 1.29 is 29.0 Å². The van der Waals surface area contributed by atoms with Crippen molar-refractivity contribution in [3.05, 3.63) is 60.2 Å². The number of hydrogen-bond acceptors (Lipinski definition) is 6. The van der Waals surface area contributed by atoms with E-state index in [0.717, 1.165) is 24.8 Å². The number of benzene rings is 1. The zero-order valence-electron chi connectivity index (χ0n) is 22.3. The lowest BCUT2D eigenvalue weighted by molar-refractivity contribution is -0.161. The van der Waals surface area contributed by atoms with Crippen LogP contribution in [0.4, 0.5) is 0 Å². The van der Waals surface area contributed by atoms with E-state index in [1.54, 1.807) is 11.0 Å². The van der Waals surface area contributed by atoms with Crippen molar-refractivity contribution >= 4 is 17.8 Å². The Bertz CT molecular complexity index is 1120. The number of likely N-dealkylation sites (tertiary alicyclic amines) is 1. The van der Waals surface area contributed by atoms with Crippen molar-refractivity contribution in [2.24, 2.45) is 11.8 Å². The molecule has 204 valence electrons. The second-order valence-electron chi connectivity index (χ2n) is 10.8. The highest BCUT2D eigenvalue weighted by Gasteiger charge is 2.76. The monoisotopic (exact) mass is 522 g/mol. The fraction of sp³-hybridized carbons (Fsp3) is 0.567. The van der Waals surface area contributed by atoms with Gasteiger partial charge in [0.2, 0.25) is 11.8 Å². The number of unbranched alkanes of at least 4 members (excludes halogenated alkanes) is 2. The number of carbonyl (C=O) groups excluding carboxylic acids is 3. The maximum absolute atomic E-state index is 14.4. The van der Waals surface area contributed by atoms with E-state index in [4.69, 9.17) is 9.47 Å². The second-order valence-corrected chi connectivity index (χ2v) is 10.8. The predicted octanol–water partition coefficient (Wildman–Crippen LogP) is 2.65. The van der Waals surface area contributed by atoms with Crippen LogP contribution in [0.2, 0.25) is 0 Å². The van der Waals surface area contributed by atoms with Gasteiger partial charge >= 0.3 is 5.97 Å². The van der Waals surface area contributed by atoms with E-state index in [0.29, 0.717) is 25.9 Å². The number of esters is 1. The highest BCUT2D eigenvalue weighted by atomic mass is 16.6. The first-order valence-corrected chi connectivity index (χ1v) is 13.9. The molecule has 1 N–H and O–H groups in total. The van der Waals surface area contributed by atoms with Crippen LogP contribution in [-0.2, 0) is 30.3 Å². The minimum absolute atomic E-state index is 0.120. The number of ether oxygens (including phenoxy) is 2. The van der Waals surface area contributed by atoms with Gasteiger partial charge in [0.05, 0.1) is 18.6 Å². The Hall–Kier alpha value is -2.97. The molecule has 8 heteroatoms. The van der Waals surface area contributed by atoms with E-state index in [2.05, 4.69) is 6.92 Å². The average Bonchev–Trinajstić information content (AvgIpc) is 3.21. The Morgan fingerprint density at radius 2 is 1.82 bits per heavy atom. The van der Waals surface area contributed by atoms with Gasteiger partial charge in [-0.25, -0.2) is 0 Å². The van der Waals surface area contributed by atoms with Crippen molar-refractivity contribution in [1.82, 2.24) is 9.80 Å². The SMILES string of the molecule is CCCCCN1CC=C[C@]23O[C@@]4(CC)C=CCOC(=O)[C@H]4[C@H]2C(=O)N([C@@H](CO)Cc2ccccc2)C3C1=O. The van der Waals surface area contributed by atoms with E-state index in [-0.39, 0.29) is 25.0 Å². The number of hydrogen-bond donors (Lipinski definition) is 1. The molecule has 4 aliphatic rings. The number of carbonyl (C=O) groups is 3. The zero-order valence-corrected chi connectivity index (χ0v) is 22.3. The maximum atomic E-state index is 14.4. The maximum Gasteiger partial charge on any atom is 0.313 e. The van der Waals surface area contributed by atoms with E-state index in [9.17, 15) is 19.5 Å². The Morgan fingerprint density at radius 1 is 1.03 bits per heavy atom. The van der Waals surface area contributed by atoms with Gasteiger partial charge in [-0.2, -0.15) is 0 Å². The molecule has 0 aromatic heterocycles. The van der Waals surface area contributed by atoms with Crippen molar-refractivity contribution in [2.45, 2.75) is 69.2 Å². The van der Waals surface area contributed by atoms with Crippen LogP contribution in [0.25, 0.3) is 0 Å². The largest absolute Gasteiger partial charge is 0.461 e. The van der Waals surface area contributed by atoms with Gasteiger partial charge in [0.25, 0.3) is 0 Å². The first-order chi connectivity index (χ1) is 18.4. The highest BCUT2D eigenvalue weighted by Crippen LogP contribution is 2.58. The number of nitrogens with zero attached hydrogens (tertiary/aromatic N) is 2. The van der Waals surface area contributed by atoms with Crippen molar-refractivity contribution in [3.8, 4) is 0 Å². The van der Waals surface area contributed by atoms with Gasteiger partial charge in [-0.3, -0.25) is 14.4 Å². The number of aliphatic hydroxyl groups excluding tert-OH is 1. The van der Waals surface area contributed by atoms with Crippen LogP contribution in [0.15, 0.2) is 54.6 Å². The van der Waals surface area contributed by atoms with E-state index < -0.39 is 41.1 Å². The topological polar surface area (TPSA) is 96.4 Å². The zero-order chi connectivity index (χ0) is 26.9. The third-order valence-corrected chi connectivity index (χ3v) is 8.67. The fourth-order valence-corrected chi connectivity index (χ4v) is 6.87. The van der Waals surface area contributed by atoms with Crippen molar-refractivity contribution in [1.29, 1.82) is 0 Å². The molecule has 0 aliphatic carbocycles. The Labute approximate surface area is 224 Å². The van der Waals surface area contributed by atoms with Gasteiger partial charge in [-0.1, -0.05) is 75.2 Å². The molecular formula is C30H38N2O6. The summed E-state index contributed by atoms with van der Waals surface area (Å²) >= 11 is 0. The Balaban J connectivity index is 1.62. The number of aliphatic hydroxyl groups is 1. The molecule has 0 bridgehead atoms. The standard InChI is InChI=1S/C30H38N2O6/c1-3-5-9-16-31-17-10-15-30-23(24-28(36)37-18-11-14-29(24,4-2)38-30)26(34)32(25(30)27(31)35)22(20-33)19-21-12-7-6-8-13-21/h6-8,10-15,22-25,33H,3-5,9,16-20H2,1-2H3/t22-,23+,24-,25?,29+,30+/m1/s1. The summed E-state index contributed by atoms with van der Waals surface area (Å²) in [6.45, 7) is 4.82. The number of fused-ring (bicyclic) bond motifs is 2. The molecule has 2 saturated heterocycles. The van der Waals surface area contributed by atoms with E-state index in [1.807, 2.05) is 55.5 Å². The average molecular weight is 523 g/mol. The molecule has 1 spiro atoms. The summed E-state index contributed by atoms with van der Waals surface area (Å²) in [5.41, 5.74) is -1.43. The highest BCUT2D eigenvalue weighted by molar-refractivity contribution is 5.99. The first-order valence-electron chi connectivity index (χ1n) is 13.9. The van der Waals surface area contributed by atoms with Crippen LogP contribution in [0.3, 0.4) is 0 Å². The first kappa shape index (κ1) is 26.6. The molecule has 4 aliphatic heterocycles. The number of cyclic esters (lactones) is 1. The van der Waals surface area contributed by atoms with E-state index >= 15 is 0 Å². The lowest BCUT2D eigenvalue weighted by Gasteiger charge is -2.40. The van der Waals surface area contributed by atoms with Crippen LogP contribution in [0.1, 0.15) is 45.1 Å². The molecule has 0 saturated carbocycles. The van der Waals surface area contributed by atoms with E-state index in [1.165, 1.54) is 4.90 Å². The Kier molecular flexibility index (Phi) is 7.47. The van der Waals surface area contributed by atoms with Crippen LogP contribution in [0.5, 0.6) is 0 Å². The lowest BCUT2D eigenvalue weighted by atomic mass is 9.73. The van der Waals surface area contributed by atoms with Crippen LogP contribution in [-0.4, -0.2) is 82.3 Å². The molecule has 0 radical (unpaired) electrons. The summed E-state index contributed by atoms with van der Waals surface area (Å²) in [4.78, 5) is 45.5. The molecule has 2 amide bonds. The van der Waals surface area contributed by atoms with Crippen LogP contribution in [0, 0.1) is 11.8 Å². The summed E-state index contributed by atoms with van der Waals surface area (Å²) in [6, 6.07) is 7.98. The molecule has 1 unspecified atom stereocenters. The lowest BCUT2D eigenvalue weighted by Crippen LogP contribution is -2.59. The summed E-state index contributed by atoms with van der Waals surface area (Å²) in [5.74, 6) is -2.84. The summed E-state index contributed by atoms with van der Waals surface area (Å²) in [7, 11) is 0. The Morgan fingerprint density at radius 3 is 2.53 bits per heavy atom. The van der Waals surface area contributed by atoms with Crippen molar-refractivity contribution in [3.63, 3.8) is 0 Å². The van der Waals surface area contributed by atoms with Gasteiger partial charge in [-0.15, -0.1) is 0 Å². The molecular weight excluding hydrogens is 484 g/mol. The molecule has 1 aromatic carbocycles. The predicted molar refractivity (Wildman–Crippen MR) is 141 cm³/mol. The summed E-state index contributed by atoms with van der Waals surface area (Å²) in [5, 5.41) is 10.6. The normalized spacial score (nSPS) is 32.9. The minimum atomic E-state index is -1.33. The number of amides is 2. The van der Waals surface area contributed by atoms with Gasteiger partial charge in [-0.05, 0) is 30.9 Å². The third kappa shape index (κ3) is 4.18. The quantitative estimate of drug-likeness (QED) is 0.304. The van der Waals surface area contributed by atoms with Crippen LogP contribution < -0.4 is 0 Å². The molecule has 6 atom stereocenters. The molecule has 8 nitrogen and oxygen atoms in total. The molecule has 2 fully saturated rings. The summed E-state index contributed by atoms with van der Waals surface area (Å²) in [6.07, 6.45) is 11.1. The van der Waals surface area contributed by atoms with Crippen molar-refractivity contribution in [2.75, 3.05) is 26.3 Å². The smallest absolute Gasteiger partial charge is 0.313 e. The third-order valence-electron chi connectivity index (χ3n) is 8.67. The van der Waals surface area contributed by atoms with Gasteiger partial charge < -0.3 is 24.4 Å². The van der Waals surface area contributed by atoms with Gasteiger partial charge in [0.1, 0.15) is 29.8 Å². The van der Waals surface area contributed by atoms with Crippen LogP contribution >= 0.6 is 0 Å². The molecule has 5 rings (SSSR count). The summed E-state index contributed by atoms with van der Waals surface area (Å²) < 4.78 is 12.4. The second kappa shape index (κ2) is 10.7. The molecule has 4 heterocycles. The molecule has 1 aromatic rings. The minimum Gasteiger partial charge on any atom is -0.461 e. The van der Waals surface area contributed by atoms with Gasteiger partial charge in [0, 0.05) is 13.1 Å². The molecule has 38 heavy (non-hydrogen) atoms.